The lowest BCUT2D eigenvalue weighted by molar-refractivity contribution is -0.384. The van der Waals surface area contributed by atoms with Crippen LogP contribution in [-0.4, -0.2) is 56.1 Å². The number of aryl methyl sites for hydroxylation is 1. The van der Waals surface area contributed by atoms with Crippen LogP contribution in [0.1, 0.15) is 5.56 Å². The maximum Gasteiger partial charge on any atom is 0.295 e. The van der Waals surface area contributed by atoms with Crippen LogP contribution < -0.4 is 10.2 Å². The number of benzene rings is 1. The van der Waals surface area contributed by atoms with Crippen LogP contribution in [0.15, 0.2) is 18.2 Å². The fourth-order valence-corrected chi connectivity index (χ4v) is 2.54. The summed E-state index contributed by atoms with van der Waals surface area (Å²) in [5, 5.41) is 14.5. The van der Waals surface area contributed by atoms with Gasteiger partial charge in [0.2, 0.25) is 0 Å². The van der Waals surface area contributed by atoms with Crippen LogP contribution in [0, 0.1) is 17.0 Å². The molecule has 0 bridgehead atoms. The first-order valence-electron chi connectivity index (χ1n) is 6.98. The molecule has 0 aliphatic carbocycles. The highest BCUT2D eigenvalue weighted by Gasteiger charge is 2.20. The second-order valence-corrected chi connectivity index (χ2v) is 5.21. The van der Waals surface area contributed by atoms with E-state index >= 15 is 0 Å². The van der Waals surface area contributed by atoms with Crippen molar-refractivity contribution in [1.29, 1.82) is 0 Å². The number of likely N-dealkylation sites (N-methyl/N-ethyl adjacent to an activating group) is 1. The molecule has 20 heavy (non-hydrogen) atoms. The zero-order valence-corrected chi connectivity index (χ0v) is 12.1. The van der Waals surface area contributed by atoms with Crippen LogP contribution in [0.2, 0.25) is 0 Å². The molecule has 110 valence electrons. The third-order valence-electron chi connectivity index (χ3n) is 3.77. The standard InChI is InChI=1S/C14H22N4O2/c1-12-4-3-5-13(14(12)18(19)20)16(2)10-11-17-8-6-15-7-9-17/h3-5,15H,6-11H2,1-2H3. The van der Waals surface area contributed by atoms with Gasteiger partial charge in [0, 0.05) is 51.9 Å². The van der Waals surface area contributed by atoms with E-state index in [9.17, 15) is 10.1 Å². The molecular weight excluding hydrogens is 256 g/mol. The molecule has 1 aliphatic heterocycles. The molecule has 1 aliphatic rings. The smallest absolute Gasteiger partial charge is 0.295 e. The van der Waals surface area contributed by atoms with Crippen molar-refractivity contribution in [3.63, 3.8) is 0 Å². The summed E-state index contributed by atoms with van der Waals surface area (Å²) in [7, 11) is 1.92. The zero-order chi connectivity index (χ0) is 14.5. The van der Waals surface area contributed by atoms with Gasteiger partial charge in [0.05, 0.1) is 4.92 Å². The quantitative estimate of drug-likeness (QED) is 0.648. The van der Waals surface area contributed by atoms with E-state index in [1.54, 1.807) is 13.0 Å². The van der Waals surface area contributed by atoms with Crippen molar-refractivity contribution in [3.8, 4) is 0 Å². The van der Waals surface area contributed by atoms with E-state index in [0.29, 0.717) is 11.3 Å². The Kier molecular flexibility index (Phi) is 4.92. The molecule has 0 unspecified atom stereocenters. The third-order valence-corrected chi connectivity index (χ3v) is 3.77. The molecule has 1 fully saturated rings. The van der Waals surface area contributed by atoms with Gasteiger partial charge in [0.1, 0.15) is 5.69 Å². The maximum atomic E-state index is 11.2. The fraction of sp³-hybridized carbons (Fsp3) is 0.571. The highest BCUT2D eigenvalue weighted by Crippen LogP contribution is 2.30. The molecule has 0 saturated carbocycles. The molecule has 0 aromatic heterocycles. The first kappa shape index (κ1) is 14.7. The van der Waals surface area contributed by atoms with Gasteiger partial charge in [-0.2, -0.15) is 0 Å². The monoisotopic (exact) mass is 278 g/mol. The molecule has 1 saturated heterocycles. The molecule has 1 aromatic rings. The third kappa shape index (κ3) is 3.46. The molecular formula is C14H22N4O2. The van der Waals surface area contributed by atoms with E-state index in [1.165, 1.54) is 0 Å². The number of nitrogens with zero attached hydrogens (tertiary/aromatic N) is 3. The van der Waals surface area contributed by atoms with Gasteiger partial charge in [-0.15, -0.1) is 0 Å². The van der Waals surface area contributed by atoms with Crippen LogP contribution in [0.5, 0.6) is 0 Å². The predicted octanol–water partition coefficient (Wildman–Crippen LogP) is 1.24. The van der Waals surface area contributed by atoms with Gasteiger partial charge in [-0.25, -0.2) is 0 Å². The lowest BCUT2D eigenvalue weighted by Gasteiger charge is -2.29. The highest BCUT2D eigenvalue weighted by molar-refractivity contribution is 5.66. The van der Waals surface area contributed by atoms with Crippen LogP contribution in [0.3, 0.4) is 0 Å². The molecule has 6 nitrogen and oxygen atoms in total. The Bertz CT molecular complexity index is 472. The Hall–Kier alpha value is -1.66. The predicted molar refractivity (Wildman–Crippen MR) is 80.4 cm³/mol. The summed E-state index contributed by atoms with van der Waals surface area (Å²) in [6.07, 6.45) is 0. The minimum absolute atomic E-state index is 0.218. The Morgan fingerprint density at radius 3 is 2.75 bits per heavy atom. The molecule has 1 heterocycles. The van der Waals surface area contributed by atoms with Gasteiger partial charge in [0.15, 0.2) is 0 Å². The topological polar surface area (TPSA) is 61.6 Å². The van der Waals surface area contributed by atoms with E-state index in [4.69, 9.17) is 0 Å². The van der Waals surface area contributed by atoms with Crippen LogP contribution >= 0.6 is 0 Å². The van der Waals surface area contributed by atoms with Crippen molar-refractivity contribution in [2.45, 2.75) is 6.92 Å². The van der Waals surface area contributed by atoms with Gasteiger partial charge in [0.25, 0.3) is 5.69 Å². The van der Waals surface area contributed by atoms with Crippen molar-refractivity contribution < 1.29 is 4.92 Å². The Morgan fingerprint density at radius 2 is 2.10 bits per heavy atom. The summed E-state index contributed by atoms with van der Waals surface area (Å²) in [6.45, 7) is 7.65. The van der Waals surface area contributed by atoms with Gasteiger partial charge in [-0.3, -0.25) is 15.0 Å². The fourth-order valence-electron chi connectivity index (χ4n) is 2.54. The second-order valence-electron chi connectivity index (χ2n) is 5.21. The van der Waals surface area contributed by atoms with E-state index in [1.807, 2.05) is 24.1 Å². The van der Waals surface area contributed by atoms with E-state index in [-0.39, 0.29) is 10.6 Å². The number of piperazine rings is 1. The molecule has 0 radical (unpaired) electrons. The van der Waals surface area contributed by atoms with Crippen molar-refractivity contribution in [1.82, 2.24) is 10.2 Å². The normalized spacial score (nSPS) is 16.1. The maximum absolute atomic E-state index is 11.2. The van der Waals surface area contributed by atoms with Crippen molar-refractivity contribution in [2.24, 2.45) is 0 Å². The van der Waals surface area contributed by atoms with E-state index in [2.05, 4.69) is 10.2 Å². The highest BCUT2D eigenvalue weighted by atomic mass is 16.6. The Labute approximate surface area is 119 Å². The first-order valence-corrected chi connectivity index (χ1v) is 6.98. The zero-order valence-electron chi connectivity index (χ0n) is 12.1. The largest absolute Gasteiger partial charge is 0.368 e. The lowest BCUT2D eigenvalue weighted by Crippen LogP contribution is -2.46. The van der Waals surface area contributed by atoms with Gasteiger partial charge in [-0.1, -0.05) is 12.1 Å². The van der Waals surface area contributed by atoms with E-state index < -0.39 is 0 Å². The number of anilines is 1. The van der Waals surface area contributed by atoms with Crippen LogP contribution in [0.4, 0.5) is 11.4 Å². The number of para-hydroxylation sites is 1. The Morgan fingerprint density at radius 1 is 1.40 bits per heavy atom. The van der Waals surface area contributed by atoms with Crippen molar-refractivity contribution in [3.05, 3.63) is 33.9 Å². The molecule has 1 N–H and O–H groups in total. The number of nitrogens with one attached hydrogen (secondary N) is 1. The molecule has 0 atom stereocenters. The molecule has 0 spiro atoms. The minimum Gasteiger partial charge on any atom is -0.368 e. The summed E-state index contributed by atoms with van der Waals surface area (Å²) in [5.74, 6) is 0. The van der Waals surface area contributed by atoms with E-state index in [0.717, 1.165) is 39.3 Å². The van der Waals surface area contributed by atoms with Crippen molar-refractivity contribution in [2.75, 3.05) is 51.2 Å². The second kappa shape index (κ2) is 6.67. The molecule has 0 amide bonds. The SMILES string of the molecule is Cc1cccc(N(C)CCN2CCNCC2)c1[N+](=O)[O-]. The average molecular weight is 278 g/mol. The summed E-state index contributed by atoms with van der Waals surface area (Å²) in [5.41, 5.74) is 1.63. The number of nitro groups is 1. The minimum atomic E-state index is -0.286. The summed E-state index contributed by atoms with van der Waals surface area (Å²) >= 11 is 0. The number of nitro benzene ring substituents is 1. The molecule has 1 aromatic carbocycles. The number of rotatable bonds is 5. The summed E-state index contributed by atoms with van der Waals surface area (Å²) in [4.78, 5) is 15.3. The van der Waals surface area contributed by atoms with Crippen molar-refractivity contribution >= 4 is 11.4 Å². The number of hydrogen-bond donors (Lipinski definition) is 1. The first-order chi connectivity index (χ1) is 9.59. The summed E-state index contributed by atoms with van der Waals surface area (Å²) < 4.78 is 0. The number of hydrogen-bond acceptors (Lipinski definition) is 5. The molecule has 2 rings (SSSR count). The van der Waals surface area contributed by atoms with Gasteiger partial charge < -0.3 is 10.2 Å². The Balaban J connectivity index is 2.03. The van der Waals surface area contributed by atoms with Crippen LogP contribution in [0.25, 0.3) is 0 Å². The summed E-state index contributed by atoms with van der Waals surface area (Å²) in [6, 6.07) is 5.48. The van der Waals surface area contributed by atoms with Gasteiger partial charge >= 0.3 is 0 Å². The van der Waals surface area contributed by atoms with Gasteiger partial charge in [-0.05, 0) is 13.0 Å². The lowest BCUT2D eigenvalue weighted by atomic mass is 10.1. The van der Waals surface area contributed by atoms with Crippen LogP contribution in [-0.2, 0) is 0 Å². The average Bonchev–Trinajstić information content (AvgIpc) is 2.45. The molecule has 6 heteroatoms.